The Morgan fingerprint density at radius 3 is 2.87 bits per heavy atom. The maximum absolute atomic E-state index is 9.06. The fourth-order valence-electron chi connectivity index (χ4n) is 1.99. The maximum Gasteiger partial charge on any atom is 0.0701 e. The van der Waals surface area contributed by atoms with Crippen LogP contribution in [0.1, 0.15) is 19.3 Å². The van der Waals surface area contributed by atoms with E-state index in [0.717, 1.165) is 19.7 Å². The number of hydrogen-bond acceptors (Lipinski definition) is 4. The molecule has 0 aromatic heterocycles. The molecule has 4 nitrogen and oxygen atoms in total. The Hall–Kier alpha value is -0.160. The molecule has 2 N–H and O–H groups in total. The first kappa shape index (κ1) is 12.9. The molecule has 0 saturated carbocycles. The highest BCUT2D eigenvalue weighted by molar-refractivity contribution is 4.72. The molecule has 90 valence electrons. The van der Waals surface area contributed by atoms with Gasteiger partial charge in [-0.15, -0.1) is 0 Å². The van der Waals surface area contributed by atoms with E-state index in [1.807, 2.05) is 7.05 Å². The highest BCUT2D eigenvalue weighted by Crippen LogP contribution is 2.13. The summed E-state index contributed by atoms with van der Waals surface area (Å²) in [5, 5.41) is 12.1. The molecule has 4 heteroatoms. The number of ether oxygens (including phenoxy) is 1. The molecule has 1 fully saturated rings. The normalized spacial score (nSPS) is 24.4. The van der Waals surface area contributed by atoms with Crippen molar-refractivity contribution in [1.82, 2.24) is 10.2 Å². The van der Waals surface area contributed by atoms with Crippen molar-refractivity contribution in [3.8, 4) is 0 Å². The molecule has 2 atom stereocenters. The molecule has 0 aromatic carbocycles. The van der Waals surface area contributed by atoms with Crippen molar-refractivity contribution in [3.63, 3.8) is 0 Å². The topological polar surface area (TPSA) is 44.7 Å². The molecule has 2 unspecified atom stereocenters. The highest BCUT2D eigenvalue weighted by Gasteiger charge is 2.17. The summed E-state index contributed by atoms with van der Waals surface area (Å²) in [6, 6.07) is 0.165. The van der Waals surface area contributed by atoms with E-state index in [9.17, 15) is 0 Å². The quantitative estimate of drug-likeness (QED) is 0.659. The summed E-state index contributed by atoms with van der Waals surface area (Å²) < 4.78 is 5.67. The average Bonchev–Trinajstić information content (AvgIpc) is 2.27. The van der Waals surface area contributed by atoms with Crippen molar-refractivity contribution in [3.05, 3.63) is 0 Å². The lowest BCUT2D eigenvalue weighted by Gasteiger charge is -2.29. The van der Waals surface area contributed by atoms with Gasteiger partial charge in [0, 0.05) is 25.7 Å². The van der Waals surface area contributed by atoms with Gasteiger partial charge in [-0.3, -0.25) is 0 Å². The summed E-state index contributed by atoms with van der Waals surface area (Å²) >= 11 is 0. The SMILES string of the molecule is CNC(CO)CN(C)CC1CCCCO1. The van der Waals surface area contributed by atoms with Crippen molar-refractivity contribution in [2.75, 3.05) is 40.4 Å². The van der Waals surface area contributed by atoms with Crippen LogP contribution >= 0.6 is 0 Å². The van der Waals surface area contributed by atoms with E-state index >= 15 is 0 Å². The summed E-state index contributed by atoms with van der Waals surface area (Å²) in [6.45, 7) is 2.94. The first-order valence-electron chi connectivity index (χ1n) is 5.84. The molecule has 15 heavy (non-hydrogen) atoms. The van der Waals surface area contributed by atoms with Crippen LogP contribution in [-0.4, -0.2) is 62.6 Å². The highest BCUT2D eigenvalue weighted by atomic mass is 16.5. The molecule has 1 heterocycles. The molecular weight excluding hydrogens is 192 g/mol. The van der Waals surface area contributed by atoms with Gasteiger partial charge in [0.2, 0.25) is 0 Å². The molecule has 1 rings (SSSR count). The second kappa shape index (κ2) is 7.17. The summed E-state index contributed by atoms with van der Waals surface area (Å²) in [7, 11) is 3.96. The second-order valence-corrected chi connectivity index (χ2v) is 4.38. The fourth-order valence-corrected chi connectivity index (χ4v) is 1.99. The van der Waals surface area contributed by atoms with Crippen molar-refractivity contribution < 1.29 is 9.84 Å². The Bertz CT molecular complexity index is 157. The van der Waals surface area contributed by atoms with Crippen LogP contribution in [0.2, 0.25) is 0 Å². The molecule has 0 aromatic rings. The number of aliphatic hydroxyl groups is 1. The first-order chi connectivity index (χ1) is 7.26. The Kier molecular flexibility index (Phi) is 6.17. The van der Waals surface area contributed by atoms with Crippen molar-refractivity contribution in [1.29, 1.82) is 0 Å². The Labute approximate surface area is 92.6 Å². The predicted molar refractivity (Wildman–Crippen MR) is 61.0 cm³/mol. The number of aliphatic hydroxyl groups excluding tert-OH is 1. The molecule has 1 saturated heterocycles. The lowest BCUT2D eigenvalue weighted by atomic mass is 10.1. The minimum Gasteiger partial charge on any atom is -0.395 e. The van der Waals surface area contributed by atoms with Gasteiger partial charge in [-0.1, -0.05) is 0 Å². The zero-order valence-electron chi connectivity index (χ0n) is 9.91. The molecule has 0 aliphatic carbocycles. The first-order valence-corrected chi connectivity index (χ1v) is 5.84. The van der Waals surface area contributed by atoms with E-state index in [1.54, 1.807) is 0 Å². The van der Waals surface area contributed by atoms with Crippen LogP contribution in [-0.2, 0) is 4.74 Å². The van der Waals surface area contributed by atoms with E-state index in [2.05, 4.69) is 17.3 Å². The minimum absolute atomic E-state index is 0.165. The molecule has 0 radical (unpaired) electrons. The molecule has 1 aliphatic rings. The average molecular weight is 216 g/mol. The van der Waals surface area contributed by atoms with E-state index < -0.39 is 0 Å². The second-order valence-electron chi connectivity index (χ2n) is 4.38. The van der Waals surface area contributed by atoms with E-state index in [4.69, 9.17) is 9.84 Å². The Morgan fingerprint density at radius 2 is 2.33 bits per heavy atom. The molecule has 0 bridgehead atoms. The van der Waals surface area contributed by atoms with Crippen molar-refractivity contribution in [2.45, 2.75) is 31.4 Å². The van der Waals surface area contributed by atoms with Crippen LogP contribution in [0.3, 0.4) is 0 Å². The largest absolute Gasteiger partial charge is 0.395 e. The van der Waals surface area contributed by atoms with Gasteiger partial charge in [0.1, 0.15) is 0 Å². The van der Waals surface area contributed by atoms with Gasteiger partial charge in [0.05, 0.1) is 12.7 Å². The summed E-state index contributed by atoms with van der Waals surface area (Å²) in [6.07, 6.45) is 4.05. The summed E-state index contributed by atoms with van der Waals surface area (Å²) in [5.74, 6) is 0. The van der Waals surface area contributed by atoms with Crippen LogP contribution in [0, 0.1) is 0 Å². The van der Waals surface area contributed by atoms with Gasteiger partial charge >= 0.3 is 0 Å². The monoisotopic (exact) mass is 216 g/mol. The van der Waals surface area contributed by atoms with Crippen molar-refractivity contribution in [2.24, 2.45) is 0 Å². The van der Waals surface area contributed by atoms with E-state index in [0.29, 0.717) is 6.10 Å². The van der Waals surface area contributed by atoms with Crippen molar-refractivity contribution >= 4 is 0 Å². The Morgan fingerprint density at radius 1 is 1.53 bits per heavy atom. The lowest BCUT2D eigenvalue weighted by Crippen LogP contribution is -2.43. The van der Waals surface area contributed by atoms with Gasteiger partial charge in [0.25, 0.3) is 0 Å². The number of nitrogens with zero attached hydrogens (tertiary/aromatic N) is 1. The number of nitrogens with one attached hydrogen (secondary N) is 1. The molecule has 0 amide bonds. The van der Waals surface area contributed by atoms with Gasteiger partial charge < -0.3 is 20.1 Å². The Balaban J connectivity index is 2.18. The van der Waals surface area contributed by atoms with Gasteiger partial charge in [-0.05, 0) is 33.4 Å². The third-order valence-corrected chi connectivity index (χ3v) is 2.95. The fraction of sp³-hybridized carbons (Fsp3) is 1.00. The maximum atomic E-state index is 9.06. The predicted octanol–water partition coefficient (Wildman–Crippen LogP) is 0.0676. The number of rotatable bonds is 6. The van der Waals surface area contributed by atoms with Crippen LogP contribution in [0.4, 0.5) is 0 Å². The van der Waals surface area contributed by atoms with E-state index in [1.165, 1.54) is 19.3 Å². The molecule has 1 aliphatic heterocycles. The summed E-state index contributed by atoms with van der Waals surface area (Å²) in [5.41, 5.74) is 0. The van der Waals surface area contributed by atoms with Gasteiger partial charge in [-0.25, -0.2) is 0 Å². The van der Waals surface area contributed by atoms with Gasteiger partial charge in [-0.2, -0.15) is 0 Å². The zero-order chi connectivity index (χ0) is 11.1. The minimum atomic E-state index is 0.165. The number of hydrogen-bond donors (Lipinski definition) is 2. The zero-order valence-corrected chi connectivity index (χ0v) is 9.91. The van der Waals surface area contributed by atoms with Gasteiger partial charge in [0.15, 0.2) is 0 Å². The third kappa shape index (κ3) is 4.93. The molecule has 0 spiro atoms. The molecular formula is C11H24N2O2. The number of likely N-dealkylation sites (N-methyl/N-ethyl adjacent to an activating group) is 2. The van der Waals surface area contributed by atoms with E-state index in [-0.39, 0.29) is 12.6 Å². The van der Waals surface area contributed by atoms with Crippen LogP contribution in [0.5, 0.6) is 0 Å². The lowest BCUT2D eigenvalue weighted by molar-refractivity contribution is -0.00335. The van der Waals surface area contributed by atoms with Crippen LogP contribution in [0.25, 0.3) is 0 Å². The third-order valence-electron chi connectivity index (χ3n) is 2.95. The van der Waals surface area contributed by atoms with Crippen LogP contribution < -0.4 is 5.32 Å². The summed E-state index contributed by atoms with van der Waals surface area (Å²) in [4.78, 5) is 2.23. The standard InChI is InChI=1S/C11H24N2O2/c1-12-10(9-14)7-13(2)8-11-5-3-4-6-15-11/h10-12,14H,3-9H2,1-2H3. The van der Waals surface area contributed by atoms with Crippen LogP contribution in [0.15, 0.2) is 0 Å². The smallest absolute Gasteiger partial charge is 0.0701 e.